The molecule has 0 aromatic heterocycles. The highest BCUT2D eigenvalue weighted by Crippen LogP contribution is 2.25. The highest BCUT2D eigenvalue weighted by molar-refractivity contribution is 6.31. The predicted molar refractivity (Wildman–Crippen MR) is 95.2 cm³/mol. The lowest BCUT2D eigenvalue weighted by molar-refractivity contribution is -0.135. The van der Waals surface area contributed by atoms with Crippen molar-refractivity contribution in [2.24, 2.45) is 0 Å². The van der Waals surface area contributed by atoms with Gasteiger partial charge in [-0.2, -0.15) is 0 Å². The topological polar surface area (TPSA) is 70.1 Å². The molecule has 26 heavy (non-hydrogen) atoms. The van der Waals surface area contributed by atoms with E-state index in [1.807, 2.05) is 0 Å². The van der Waals surface area contributed by atoms with Gasteiger partial charge in [0.15, 0.2) is 0 Å². The molecule has 8 heteroatoms. The molecule has 0 spiro atoms. The summed E-state index contributed by atoms with van der Waals surface area (Å²) < 4.78 is 19.3. The van der Waals surface area contributed by atoms with Gasteiger partial charge in [-0.05, 0) is 32.9 Å². The van der Waals surface area contributed by atoms with Crippen molar-refractivity contribution in [2.75, 3.05) is 13.6 Å². The quantitative estimate of drug-likeness (QED) is 0.867. The lowest BCUT2D eigenvalue weighted by Gasteiger charge is -2.30. The zero-order valence-electron chi connectivity index (χ0n) is 15.3. The first-order chi connectivity index (χ1) is 12.0. The van der Waals surface area contributed by atoms with Crippen molar-refractivity contribution in [1.82, 2.24) is 9.80 Å². The fourth-order valence-electron chi connectivity index (χ4n) is 2.82. The molecule has 1 heterocycles. The second-order valence-electron chi connectivity index (χ2n) is 7.43. The normalized spacial score (nSPS) is 20.2. The second kappa shape index (κ2) is 7.80. The summed E-state index contributed by atoms with van der Waals surface area (Å²) in [5.41, 5.74) is -0.516. The van der Waals surface area contributed by atoms with Crippen LogP contribution in [0.4, 0.5) is 9.18 Å². The van der Waals surface area contributed by atoms with E-state index >= 15 is 0 Å². The van der Waals surface area contributed by atoms with Gasteiger partial charge in [-0.3, -0.25) is 9.69 Å². The summed E-state index contributed by atoms with van der Waals surface area (Å²) in [4.78, 5) is 27.7. The lowest BCUT2D eigenvalue weighted by atomic mass is 10.1. The Balaban J connectivity index is 2.14. The van der Waals surface area contributed by atoms with Crippen LogP contribution in [0.25, 0.3) is 0 Å². The SMILES string of the molecule is CN(Cc1c(F)cccc1Cl)C(=O)[C@H]1C[C@@H](O)CN1C(=O)OC(C)(C)C. The number of nitrogens with zero attached hydrogens (tertiary/aromatic N) is 2. The first kappa shape index (κ1) is 20.5. The van der Waals surface area contributed by atoms with Gasteiger partial charge in [-0.1, -0.05) is 17.7 Å². The van der Waals surface area contributed by atoms with Crippen LogP contribution in [0.2, 0.25) is 5.02 Å². The molecule has 144 valence electrons. The second-order valence-corrected chi connectivity index (χ2v) is 7.84. The number of β-amino-alcohol motifs (C(OH)–C–C–N with tert-alkyl or cyclic N) is 1. The molecule has 1 saturated heterocycles. The van der Waals surface area contributed by atoms with Crippen LogP contribution in [-0.4, -0.2) is 58.2 Å². The highest BCUT2D eigenvalue weighted by Gasteiger charge is 2.42. The van der Waals surface area contributed by atoms with Crippen molar-refractivity contribution in [3.8, 4) is 0 Å². The number of hydrogen-bond donors (Lipinski definition) is 1. The van der Waals surface area contributed by atoms with E-state index in [9.17, 15) is 19.1 Å². The number of likely N-dealkylation sites (tertiary alicyclic amines) is 1. The molecule has 1 aliphatic heterocycles. The number of likely N-dealkylation sites (N-methyl/N-ethyl adjacent to an activating group) is 1. The number of aliphatic hydroxyl groups is 1. The van der Waals surface area contributed by atoms with E-state index in [0.29, 0.717) is 0 Å². The summed E-state index contributed by atoms with van der Waals surface area (Å²) in [5, 5.41) is 10.1. The number of halogens is 2. The summed E-state index contributed by atoms with van der Waals surface area (Å²) in [5.74, 6) is -0.917. The number of aliphatic hydroxyl groups excluding tert-OH is 1. The molecular weight excluding hydrogens is 363 g/mol. The molecule has 0 radical (unpaired) electrons. The summed E-state index contributed by atoms with van der Waals surface area (Å²) in [6, 6.07) is 3.44. The van der Waals surface area contributed by atoms with Crippen LogP contribution in [0.1, 0.15) is 32.8 Å². The van der Waals surface area contributed by atoms with Crippen molar-refractivity contribution in [3.05, 3.63) is 34.6 Å². The van der Waals surface area contributed by atoms with Gasteiger partial charge < -0.3 is 14.7 Å². The van der Waals surface area contributed by atoms with Crippen molar-refractivity contribution in [2.45, 2.75) is 51.5 Å². The maximum Gasteiger partial charge on any atom is 0.411 e. The molecule has 2 rings (SSSR count). The van der Waals surface area contributed by atoms with Crippen LogP contribution < -0.4 is 0 Å². The molecule has 1 aromatic rings. The number of benzene rings is 1. The minimum atomic E-state index is -0.865. The minimum Gasteiger partial charge on any atom is -0.444 e. The van der Waals surface area contributed by atoms with Gasteiger partial charge in [-0.15, -0.1) is 0 Å². The molecule has 1 aromatic carbocycles. The van der Waals surface area contributed by atoms with Gasteiger partial charge in [0.1, 0.15) is 17.5 Å². The maximum atomic E-state index is 14.0. The van der Waals surface area contributed by atoms with E-state index in [1.54, 1.807) is 26.8 Å². The Morgan fingerprint density at radius 3 is 2.65 bits per heavy atom. The van der Waals surface area contributed by atoms with E-state index < -0.39 is 35.6 Å². The molecule has 2 atom stereocenters. The fourth-order valence-corrected chi connectivity index (χ4v) is 3.05. The van der Waals surface area contributed by atoms with Gasteiger partial charge in [0.2, 0.25) is 5.91 Å². The summed E-state index contributed by atoms with van der Waals surface area (Å²) >= 11 is 6.01. The van der Waals surface area contributed by atoms with Crippen LogP contribution >= 0.6 is 11.6 Å². The van der Waals surface area contributed by atoms with E-state index in [-0.39, 0.29) is 30.1 Å². The third-order valence-electron chi connectivity index (χ3n) is 4.03. The standard InChI is InChI=1S/C18H24ClFN2O4/c1-18(2,3)26-17(25)22-9-11(23)8-15(22)16(24)21(4)10-12-13(19)6-5-7-14(12)20/h5-7,11,15,23H,8-10H2,1-4H3/t11-,15-/m1/s1. The third-order valence-corrected chi connectivity index (χ3v) is 4.38. The Morgan fingerprint density at radius 2 is 2.08 bits per heavy atom. The Bertz CT molecular complexity index is 672. The summed E-state index contributed by atoms with van der Waals surface area (Å²) in [6.07, 6.45) is -1.38. The first-order valence-corrected chi connectivity index (χ1v) is 8.73. The number of amides is 2. The van der Waals surface area contributed by atoms with Crippen LogP contribution in [0.5, 0.6) is 0 Å². The predicted octanol–water partition coefficient (Wildman–Crippen LogP) is 2.81. The van der Waals surface area contributed by atoms with E-state index in [1.165, 1.54) is 29.0 Å². The average molecular weight is 387 g/mol. The zero-order valence-corrected chi connectivity index (χ0v) is 16.1. The van der Waals surface area contributed by atoms with Crippen molar-refractivity contribution < 1.29 is 23.8 Å². The van der Waals surface area contributed by atoms with Crippen molar-refractivity contribution >= 4 is 23.6 Å². The fraction of sp³-hybridized carbons (Fsp3) is 0.556. The van der Waals surface area contributed by atoms with E-state index in [0.717, 1.165) is 0 Å². The number of hydrogen-bond acceptors (Lipinski definition) is 4. The lowest BCUT2D eigenvalue weighted by Crippen LogP contribution is -2.48. The Morgan fingerprint density at radius 1 is 1.42 bits per heavy atom. The Labute approximate surface area is 157 Å². The monoisotopic (exact) mass is 386 g/mol. The van der Waals surface area contributed by atoms with Crippen LogP contribution in [0, 0.1) is 5.82 Å². The van der Waals surface area contributed by atoms with E-state index in [2.05, 4.69) is 0 Å². The van der Waals surface area contributed by atoms with Gasteiger partial charge in [0.05, 0.1) is 12.6 Å². The van der Waals surface area contributed by atoms with Crippen LogP contribution in [-0.2, 0) is 16.1 Å². The number of rotatable bonds is 3. The molecule has 0 bridgehead atoms. The molecule has 1 N–H and O–H groups in total. The average Bonchev–Trinajstić information content (AvgIpc) is 2.90. The Hall–Kier alpha value is -1.86. The maximum absolute atomic E-state index is 14.0. The van der Waals surface area contributed by atoms with Crippen molar-refractivity contribution in [3.63, 3.8) is 0 Å². The number of carbonyl (C=O) groups excluding carboxylic acids is 2. The molecule has 0 aliphatic carbocycles. The molecule has 0 unspecified atom stereocenters. The molecule has 6 nitrogen and oxygen atoms in total. The highest BCUT2D eigenvalue weighted by atomic mass is 35.5. The van der Waals surface area contributed by atoms with Gasteiger partial charge in [0.25, 0.3) is 0 Å². The largest absolute Gasteiger partial charge is 0.444 e. The van der Waals surface area contributed by atoms with Gasteiger partial charge in [-0.25, -0.2) is 9.18 Å². The molecule has 1 fully saturated rings. The number of ether oxygens (including phenoxy) is 1. The van der Waals surface area contributed by atoms with Crippen LogP contribution in [0.3, 0.4) is 0 Å². The van der Waals surface area contributed by atoms with Crippen molar-refractivity contribution in [1.29, 1.82) is 0 Å². The summed E-state index contributed by atoms with van der Waals surface area (Å²) in [6.45, 7) is 5.14. The smallest absolute Gasteiger partial charge is 0.411 e. The van der Waals surface area contributed by atoms with Crippen LogP contribution in [0.15, 0.2) is 18.2 Å². The molecule has 0 saturated carbocycles. The first-order valence-electron chi connectivity index (χ1n) is 8.35. The summed E-state index contributed by atoms with van der Waals surface area (Å²) in [7, 11) is 1.50. The zero-order chi connectivity index (χ0) is 19.6. The molecular formula is C18H24ClFN2O4. The minimum absolute atomic E-state index is 0.0135. The van der Waals surface area contributed by atoms with E-state index in [4.69, 9.17) is 16.3 Å². The third kappa shape index (κ3) is 4.86. The molecule has 1 aliphatic rings. The van der Waals surface area contributed by atoms with Gasteiger partial charge in [0, 0.05) is 30.6 Å². The Kier molecular flexibility index (Phi) is 6.13. The van der Waals surface area contributed by atoms with Gasteiger partial charge >= 0.3 is 6.09 Å². The molecule has 2 amide bonds. The number of carbonyl (C=O) groups is 2.